The van der Waals surface area contributed by atoms with Gasteiger partial charge in [-0.05, 0) is 39.2 Å². The minimum absolute atomic E-state index is 0.456. The number of likely N-dealkylation sites (tertiary alicyclic amines) is 1. The predicted octanol–water partition coefficient (Wildman–Crippen LogP) is 2.02. The third kappa shape index (κ3) is 3.94. The Balaban J connectivity index is 1.68. The van der Waals surface area contributed by atoms with Gasteiger partial charge in [-0.2, -0.15) is 0 Å². The van der Waals surface area contributed by atoms with Gasteiger partial charge in [-0.1, -0.05) is 12.8 Å². The molecule has 2 aliphatic rings. The van der Waals surface area contributed by atoms with Crippen LogP contribution in [0, 0.1) is 0 Å². The largest absolute Gasteiger partial charge is 0.380 e. The summed E-state index contributed by atoms with van der Waals surface area (Å²) < 4.78 is 5.49. The summed E-state index contributed by atoms with van der Waals surface area (Å²) in [4.78, 5) is 2.58. The fourth-order valence-corrected chi connectivity index (χ4v) is 3.16. The first-order chi connectivity index (χ1) is 8.29. The molecule has 1 saturated heterocycles. The van der Waals surface area contributed by atoms with E-state index in [0.29, 0.717) is 12.1 Å². The summed E-state index contributed by atoms with van der Waals surface area (Å²) in [7, 11) is 1.84. The maximum absolute atomic E-state index is 5.49. The smallest absolute Gasteiger partial charge is 0.0698 e. The van der Waals surface area contributed by atoms with Gasteiger partial charge in [0, 0.05) is 32.3 Å². The molecule has 0 aromatic carbocycles. The summed E-state index contributed by atoms with van der Waals surface area (Å²) in [6.45, 7) is 5.85. The van der Waals surface area contributed by atoms with Crippen molar-refractivity contribution in [1.82, 2.24) is 10.2 Å². The van der Waals surface area contributed by atoms with Crippen molar-refractivity contribution in [1.29, 1.82) is 0 Å². The first-order valence-corrected chi connectivity index (χ1v) is 7.30. The van der Waals surface area contributed by atoms with Gasteiger partial charge in [-0.25, -0.2) is 0 Å². The Hall–Kier alpha value is -0.120. The number of hydrogen-bond acceptors (Lipinski definition) is 3. The molecule has 2 fully saturated rings. The number of nitrogens with zero attached hydrogens (tertiary/aromatic N) is 1. The zero-order valence-electron chi connectivity index (χ0n) is 11.5. The summed E-state index contributed by atoms with van der Waals surface area (Å²) in [5.41, 5.74) is 0. The highest BCUT2D eigenvalue weighted by molar-refractivity contribution is 4.81. The molecule has 2 rings (SSSR count). The molecule has 1 N–H and O–H groups in total. The quantitative estimate of drug-likeness (QED) is 0.795. The van der Waals surface area contributed by atoms with E-state index in [0.717, 1.165) is 19.1 Å². The van der Waals surface area contributed by atoms with E-state index in [1.165, 1.54) is 45.1 Å². The van der Waals surface area contributed by atoms with Gasteiger partial charge >= 0.3 is 0 Å². The molecule has 17 heavy (non-hydrogen) atoms. The second-order valence-electron chi connectivity index (χ2n) is 5.73. The molecule has 100 valence electrons. The third-order valence-corrected chi connectivity index (χ3v) is 4.42. The van der Waals surface area contributed by atoms with Gasteiger partial charge in [0.05, 0.1) is 6.10 Å². The Morgan fingerprint density at radius 2 is 2.00 bits per heavy atom. The summed E-state index contributed by atoms with van der Waals surface area (Å²) >= 11 is 0. The highest BCUT2D eigenvalue weighted by Gasteiger charge is 2.24. The lowest BCUT2D eigenvalue weighted by atomic mass is 10.1. The summed E-state index contributed by atoms with van der Waals surface area (Å²) in [6, 6.07) is 1.44. The number of nitrogens with one attached hydrogen (secondary N) is 1. The van der Waals surface area contributed by atoms with Crippen molar-refractivity contribution in [3.63, 3.8) is 0 Å². The van der Waals surface area contributed by atoms with Crippen LogP contribution in [-0.2, 0) is 4.74 Å². The summed E-state index contributed by atoms with van der Waals surface area (Å²) in [5, 5.41) is 3.73. The van der Waals surface area contributed by atoms with E-state index in [-0.39, 0.29) is 0 Å². The number of hydrogen-bond donors (Lipinski definition) is 1. The van der Waals surface area contributed by atoms with Crippen LogP contribution in [-0.4, -0.2) is 49.8 Å². The Bertz CT molecular complexity index is 216. The molecular weight excluding hydrogens is 212 g/mol. The SMILES string of the molecule is COC1CCCN(C(C)CNC2CCCC2)C1. The van der Waals surface area contributed by atoms with E-state index in [1.54, 1.807) is 0 Å². The maximum Gasteiger partial charge on any atom is 0.0698 e. The first kappa shape index (κ1) is 13.3. The van der Waals surface area contributed by atoms with Crippen LogP contribution in [0.25, 0.3) is 0 Å². The maximum atomic E-state index is 5.49. The Labute approximate surface area is 106 Å². The second-order valence-corrected chi connectivity index (χ2v) is 5.73. The van der Waals surface area contributed by atoms with E-state index >= 15 is 0 Å². The average Bonchev–Trinajstić information content (AvgIpc) is 2.89. The van der Waals surface area contributed by atoms with Crippen molar-refractivity contribution >= 4 is 0 Å². The fraction of sp³-hybridized carbons (Fsp3) is 1.00. The highest BCUT2D eigenvalue weighted by atomic mass is 16.5. The van der Waals surface area contributed by atoms with Crippen LogP contribution in [0.2, 0.25) is 0 Å². The molecule has 0 bridgehead atoms. The topological polar surface area (TPSA) is 24.5 Å². The van der Waals surface area contributed by atoms with Crippen molar-refractivity contribution in [3.05, 3.63) is 0 Å². The molecule has 2 unspecified atom stereocenters. The summed E-state index contributed by atoms with van der Waals surface area (Å²) in [5.74, 6) is 0. The molecule has 0 aromatic rings. The van der Waals surface area contributed by atoms with E-state index < -0.39 is 0 Å². The first-order valence-electron chi connectivity index (χ1n) is 7.30. The summed E-state index contributed by atoms with van der Waals surface area (Å²) in [6.07, 6.45) is 8.57. The van der Waals surface area contributed by atoms with Crippen LogP contribution in [0.15, 0.2) is 0 Å². The van der Waals surface area contributed by atoms with Gasteiger partial charge in [-0.3, -0.25) is 4.90 Å². The van der Waals surface area contributed by atoms with Crippen molar-refractivity contribution < 1.29 is 4.74 Å². The van der Waals surface area contributed by atoms with Crippen LogP contribution < -0.4 is 5.32 Å². The standard InChI is InChI=1S/C14H28N2O/c1-12(10-15-13-6-3-4-7-13)16-9-5-8-14(11-16)17-2/h12-15H,3-11H2,1-2H3. The van der Waals surface area contributed by atoms with Crippen LogP contribution in [0.4, 0.5) is 0 Å². The van der Waals surface area contributed by atoms with Gasteiger partial charge in [0.25, 0.3) is 0 Å². The monoisotopic (exact) mass is 240 g/mol. The van der Waals surface area contributed by atoms with Crippen molar-refractivity contribution in [2.45, 2.75) is 63.6 Å². The molecule has 3 nitrogen and oxygen atoms in total. The number of ether oxygens (including phenoxy) is 1. The predicted molar refractivity (Wildman–Crippen MR) is 71.3 cm³/mol. The Morgan fingerprint density at radius 1 is 1.24 bits per heavy atom. The number of methoxy groups -OCH3 is 1. The molecule has 0 spiro atoms. The fourth-order valence-electron chi connectivity index (χ4n) is 3.16. The van der Waals surface area contributed by atoms with Gasteiger partial charge in [0.2, 0.25) is 0 Å². The van der Waals surface area contributed by atoms with E-state index in [9.17, 15) is 0 Å². The van der Waals surface area contributed by atoms with Gasteiger partial charge in [-0.15, -0.1) is 0 Å². The molecule has 3 heteroatoms. The normalized spacial score (nSPS) is 29.6. The van der Waals surface area contributed by atoms with E-state index in [4.69, 9.17) is 4.74 Å². The van der Waals surface area contributed by atoms with Crippen molar-refractivity contribution in [3.8, 4) is 0 Å². The van der Waals surface area contributed by atoms with E-state index in [2.05, 4.69) is 17.1 Å². The molecule has 2 atom stereocenters. The van der Waals surface area contributed by atoms with Crippen LogP contribution >= 0.6 is 0 Å². The molecule has 0 radical (unpaired) electrons. The molecule has 1 heterocycles. The molecule has 1 aliphatic carbocycles. The molecule has 1 aliphatic heterocycles. The van der Waals surface area contributed by atoms with Gasteiger partial charge < -0.3 is 10.1 Å². The minimum atomic E-state index is 0.456. The van der Waals surface area contributed by atoms with Crippen LogP contribution in [0.1, 0.15) is 45.4 Å². The van der Waals surface area contributed by atoms with Crippen molar-refractivity contribution in [2.75, 3.05) is 26.7 Å². The Morgan fingerprint density at radius 3 is 2.71 bits per heavy atom. The lowest BCUT2D eigenvalue weighted by Gasteiger charge is -2.36. The highest BCUT2D eigenvalue weighted by Crippen LogP contribution is 2.18. The van der Waals surface area contributed by atoms with Crippen LogP contribution in [0.3, 0.4) is 0 Å². The lowest BCUT2D eigenvalue weighted by Crippen LogP contribution is -2.48. The minimum Gasteiger partial charge on any atom is -0.380 e. The third-order valence-electron chi connectivity index (χ3n) is 4.42. The van der Waals surface area contributed by atoms with Gasteiger partial charge in [0.1, 0.15) is 0 Å². The average molecular weight is 240 g/mol. The molecule has 0 amide bonds. The van der Waals surface area contributed by atoms with Gasteiger partial charge in [0.15, 0.2) is 0 Å². The number of piperidine rings is 1. The Kier molecular flexibility index (Phi) is 5.26. The zero-order chi connectivity index (χ0) is 12.1. The molecule has 0 aromatic heterocycles. The van der Waals surface area contributed by atoms with Crippen molar-refractivity contribution in [2.24, 2.45) is 0 Å². The number of rotatable bonds is 5. The van der Waals surface area contributed by atoms with E-state index in [1.807, 2.05) is 7.11 Å². The zero-order valence-corrected chi connectivity index (χ0v) is 11.5. The lowest BCUT2D eigenvalue weighted by molar-refractivity contribution is 0.0172. The van der Waals surface area contributed by atoms with Crippen LogP contribution in [0.5, 0.6) is 0 Å². The molecule has 1 saturated carbocycles. The second kappa shape index (κ2) is 6.72. The molecular formula is C14H28N2O.